The van der Waals surface area contributed by atoms with Gasteiger partial charge in [0.1, 0.15) is 0 Å². The summed E-state index contributed by atoms with van der Waals surface area (Å²) in [5.74, 6) is -1.95. The van der Waals surface area contributed by atoms with Gasteiger partial charge in [-0.25, -0.2) is 0 Å². The van der Waals surface area contributed by atoms with E-state index in [4.69, 9.17) is 5.11 Å². The van der Waals surface area contributed by atoms with E-state index < -0.39 is 17.8 Å². The van der Waals surface area contributed by atoms with E-state index in [0.717, 1.165) is 16.5 Å². The first-order chi connectivity index (χ1) is 17.6. The molecule has 0 heterocycles. The van der Waals surface area contributed by atoms with Gasteiger partial charge in [-0.3, -0.25) is 19.2 Å². The Balaban J connectivity index is 1.85. The van der Waals surface area contributed by atoms with Gasteiger partial charge in [-0.1, -0.05) is 78.3 Å². The second-order valence-corrected chi connectivity index (χ2v) is 10.3. The Hall–Kier alpha value is -3.58. The van der Waals surface area contributed by atoms with Crippen LogP contribution in [0.15, 0.2) is 77.3 Å². The summed E-state index contributed by atoms with van der Waals surface area (Å²) in [5, 5.41) is 11.3. The predicted octanol–water partition coefficient (Wildman–Crippen LogP) is 6.09. The van der Waals surface area contributed by atoms with Crippen molar-refractivity contribution in [2.24, 2.45) is 5.92 Å². The molecule has 1 unspecified atom stereocenters. The van der Waals surface area contributed by atoms with Crippen LogP contribution in [0.2, 0.25) is 0 Å². The maximum absolute atomic E-state index is 13.6. The second kappa shape index (κ2) is 13.1. The van der Waals surface area contributed by atoms with Crippen molar-refractivity contribution in [3.05, 3.63) is 105 Å². The van der Waals surface area contributed by atoms with Gasteiger partial charge in [0.2, 0.25) is 0 Å². The van der Waals surface area contributed by atoms with E-state index in [1.807, 2.05) is 12.1 Å². The molecule has 2 N–H and O–H groups in total. The van der Waals surface area contributed by atoms with Crippen LogP contribution in [-0.2, 0) is 11.2 Å². The highest BCUT2D eigenvalue weighted by atomic mass is 79.9. The third-order valence-corrected chi connectivity index (χ3v) is 6.48. The molecule has 3 aromatic rings. The van der Waals surface area contributed by atoms with Crippen molar-refractivity contribution in [3.8, 4) is 0 Å². The van der Waals surface area contributed by atoms with Crippen LogP contribution in [0.1, 0.15) is 74.8 Å². The smallest absolute Gasteiger partial charge is 0.305 e. The normalized spacial score (nSPS) is 11.7. The summed E-state index contributed by atoms with van der Waals surface area (Å²) in [6.45, 7) is 4.29. The summed E-state index contributed by atoms with van der Waals surface area (Å²) >= 11 is 3.37. The van der Waals surface area contributed by atoms with Crippen molar-refractivity contribution in [2.75, 3.05) is 6.54 Å². The van der Waals surface area contributed by atoms with Gasteiger partial charge >= 0.3 is 5.97 Å². The van der Waals surface area contributed by atoms with E-state index in [0.29, 0.717) is 28.2 Å². The number of ketones is 2. The SMILES string of the molecule is CC(C)Cc1ccc(C(=O)C(CC(=O)c2ccc(Br)cc2)c2ccc(C(=O)NCCC(=O)O)cc2)cc1. The summed E-state index contributed by atoms with van der Waals surface area (Å²) in [6, 6.07) is 21.1. The van der Waals surface area contributed by atoms with Crippen molar-refractivity contribution >= 4 is 39.4 Å². The van der Waals surface area contributed by atoms with Gasteiger partial charge in [0.25, 0.3) is 5.91 Å². The van der Waals surface area contributed by atoms with Gasteiger partial charge in [-0.05, 0) is 47.7 Å². The van der Waals surface area contributed by atoms with Gasteiger partial charge in [0.05, 0.1) is 12.3 Å². The summed E-state index contributed by atoms with van der Waals surface area (Å²) in [5.41, 5.74) is 3.16. The Morgan fingerprint density at radius 2 is 1.38 bits per heavy atom. The first-order valence-corrected chi connectivity index (χ1v) is 12.9. The van der Waals surface area contributed by atoms with E-state index >= 15 is 0 Å². The largest absolute Gasteiger partial charge is 0.481 e. The number of hydrogen-bond acceptors (Lipinski definition) is 4. The molecule has 192 valence electrons. The Kier molecular flexibility index (Phi) is 9.92. The number of Topliss-reactive ketones (excluding diaryl/α,β-unsaturated/α-hetero) is 2. The lowest BCUT2D eigenvalue weighted by atomic mass is 9.84. The third kappa shape index (κ3) is 8.22. The molecule has 0 saturated carbocycles. The minimum absolute atomic E-state index is 0.0155. The molecule has 0 spiro atoms. The third-order valence-electron chi connectivity index (χ3n) is 5.95. The molecule has 0 bridgehead atoms. The number of rotatable bonds is 12. The lowest BCUT2D eigenvalue weighted by molar-refractivity contribution is -0.136. The Labute approximate surface area is 225 Å². The minimum atomic E-state index is -0.996. The number of carboxylic acids is 1. The number of carbonyl (C=O) groups is 4. The van der Waals surface area contributed by atoms with Crippen LogP contribution < -0.4 is 5.32 Å². The van der Waals surface area contributed by atoms with Crippen LogP contribution in [-0.4, -0.2) is 35.1 Å². The Bertz CT molecular complexity index is 1250. The van der Waals surface area contributed by atoms with Crippen molar-refractivity contribution in [1.82, 2.24) is 5.32 Å². The van der Waals surface area contributed by atoms with Crippen molar-refractivity contribution in [1.29, 1.82) is 0 Å². The molecular weight excluding hydrogens is 534 g/mol. The van der Waals surface area contributed by atoms with E-state index in [1.54, 1.807) is 60.7 Å². The number of nitrogens with one attached hydrogen (secondary N) is 1. The lowest BCUT2D eigenvalue weighted by Crippen LogP contribution is -2.26. The van der Waals surface area contributed by atoms with Crippen LogP contribution in [0.25, 0.3) is 0 Å². The molecule has 0 fully saturated rings. The molecule has 37 heavy (non-hydrogen) atoms. The zero-order chi connectivity index (χ0) is 26.9. The number of benzene rings is 3. The fourth-order valence-electron chi connectivity index (χ4n) is 4.03. The highest BCUT2D eigenvalue weighted by Crippen LogP contribution is 2.28. The average Bonchev–Trinajstić information content (AvgIpc) is 2.87. The maximum Gasteiger partial charge on any atom is 0.305 e. The minimum Gasteiger partial charge on any atom is -0.481 e. The van der Waals surface area contributed by atoms with Gasteiger partial charge in [0.15, 0.2) is 11.6 Å². The molecule has 3 aromatic carbocycles. The standard InChI is InChI=1S/C30H30BrNO5/c1-19(2)17-20-3-5-23(6-4-20)29(36)26(18-27(33)22-11-13-25(31)14-12-22)21-7-9-24(10-8-21)30(37)32-16-15-28(34)35/h3-14,19,26H,15-18H2,1-2H3,(H,32,37)(H,34,35). The molecule has 1 amide bonds. The molecule has 1 atom stereocenters. The highest BCUT2D eigenvalue weighted by Gasteiger charge is 2.26. The van der Waals surface area contributed by atoms with Gasteiger partial charge in [-0.2, -0.15) is 0 Å². The second-order valence-electron chi connectivity index (χ2n) is 9.37. The average molecular weight is 564 g/mol. The van der Waals surface area contributed by atoms with Crippen LogP contribution in [0.4, 0.5) is 0 Å². The zero-order valence-corrected chi connectivity index (χ0v) is 22.5. The van der Waals surface area contributed by atoms with Crippen molar-refractivity contribution in [2.45, 2.75) is 39.0 Å². The van der Waals surface area contributed by atoms with Crippen molar-refractivity contribution in [3.63, 3.8) is 0 Å². The fraction of sp³-hybridized carbons (Fsp3) is 0.267. The summed E-state index contributed by atoms with van der Waals surface area (Å²) in [7, 11) is 0. The zero-order valence-electron chi connectivity index (χ0n) is 20.9. The van der Waals surface area contributed by atoms with Gasteiger partial charge in [-0.15, -0.1) is 0 Å². The maximum atomic E-state index is 13.6. The molecule has 6 nitrogen and oxygen atoms in total. The number of halogens is 1. The topological polar surface area (TPSA) is 101 Å². The summed E-state index contributed by atoms with van der Waals surface area (Å²) in [6.07, 6.45) is 0.725. The number of carbonyl (C=O) groups excluding carboxylic acids is 3. The van der Waals surface area contributed by atoms with Crippen LogP contribution in [0.3, 0.4) is 0 Å². The van der Waals surface area contributed by atoms with Crippen LogP contribution in [0.5, 0.6) is 0 Å². The van der Waals surface area contributed by atoms with E-state index in [1.165, 1.54) is 0 Å². The molecule has 0 radical (unpaired) electrons. The summed E-state index contributed by atoms with van der Waals surface area (Å²) in [4.78, 5) is 49.8. The fourth-order valence-corrected chi connectivity index (χ4v) is 4.29. The molecule has 0 aliphatic carbocycles. The number of aliphatic carboxylic acids is 1. The van der Waals surface area contributed by atoms with Crippen molar-refractivity contribution < 1.29 is 24.3 Å². The van der Waals surface area contributed by atoms with E-state index in [-0.39, 0.29) is 31.0 Å². The Morgan fingerprint density at radius 1 is 0.811 bits per heavy atom. The molecular formula is C30H30BrNO5. The molecule has 3 rings (SSSR count). The summed E-state index contributed by atoms with van der Waals surface area (Å²) < 4.78 is 0.857. The van der Waals surface area contributed by atoms with Crippen LogP contribution in [0, 0.1) is 5.92 Å². The van der Waals surface area contributed by atoms with E-state index in [9.17, 15) is 19.2 Å². The molecule has 0 aliphatic rings. The first kappa shape index (κ1) is 28.0. The van der Waals surface area contributed by atoms with Crippen LogP contribution >= 0.6 is 15.9 Å². The monoisotopic (exact) mass is 563 g/mol. The number of amides is 1. The quantitative estimate of drug-likeness (QED) is 0.259. The van der Waals surface area contributed by atoms with Gasteiger partial charge < -0.3 is 10.4 Å². The number of hydrogen-bond donors (Lipinski definition) is 2. The highest BCUT2D eigenvalue weighted by molar-refractivity contribution is 9.10. The first-order valence-electron chi connectivity index (χ1n) is 12.2. The van der Waals surface area contributed by atoms with Gasteiger partial charge in [0, 0.05) is 34.1 Å². The lowest BCUT2D eigenvalue weighted by Gasteiger charge is -2.17. The van der Waals surface area contributed by atoms with E-state index in [2.05, 4.69) is 35.1 Å². The molecule has 7 heteroatoms. The number of carboxylic acid groups (broad SMARTS) is 1. The molecule has 0 aromatic heterocycles. The molecule has 0 aliphatic heterocycles. The Morgan fingerprint density at radius 3 is 1.95 bits per heavy atom. The molecule has 0 saturated heterocycles. The predicted molar refractivity (Wildman–Crippen MR) is 146 cm³/mol.